The first-order valence-corrected chi connectivity index (χ1v) is 6.82. The minimum atomic E-state index is -0.256. The van der Waals surface area contributed by atoms with Gasteiger partial charge in [0.2, 0.25) is 0 Å². The van der Waals surface area contributed by atoms with Crippen LogP contribution in [0.25, 0.3) is 0 Å². The van der Waals surface area contributed by atoms with E-state index in [1.54, 1.807) is 42.5 Å². The van der Waals surface area contributed by atoms with E-state index in [1.807, 2.05) is 6.07 Å². The maximum Gasteiger partial charge on any atom is 0.255 e. The van der Waals surface area contributed by atoms with Gasteiger partial charge in [-0.15, -0.1) is 0 Å². The minimum absolute atomic E-state index is 0.256. The Morgan fingerprint density at radius 2 is 2.05 bits per heavy atom. The van der Waals surface area contributed by atoms with Crippen LogP contribution >= 0.6 is 34.2 Å². The molecule has 1 N–H and O–H groups in total. The summed E-state index contributed by atoms with van der Waals surface area (Å²) in [6.07, 6.45) is 0. The number of benzene rings is 2. The Hall–Kier alpha value is -1.58. The Balaban J connectivity index is 2.21. The van der Waals surface area contributed by atoms with Crippen LogP contribution in [0.3, 0.4) is 0 Å². The smallest absolute Gasteiger partial charge is 0.255 e. The average molecular weight is 383 g/mol. The van der Waals surface area contributed by atoms with Crippen LogP contribution in [-0.2, 0) is 0 Å². The number of hydrogen-bond acceptors (Lipinski definition) is 2. The summed E-state index contributed by atoms with van der Waals surface area (Å²) in [5.41, 5.74) is 1.56. The number of rotatable bonds is 2. The molecule has 2 aromatic carbocycles. The third-order valence-corrected chi connectivity index (χ3v) is 4.00. The largest absolute Gasteiger partial charge is 0.322 e. The summed E-state index contributed by atoms with van der Waals surface area (Å²) in [4.78, 5) is 12.0. The summed E-state index contributed by atoms with van der Waals surface area (Å²) in [7, 11) is 0. The summed E-state index contributed by atoms with van der Waals surface area (Å²) in [6.45, 7) is 0. The molecule has 0 spiro atoms. The minimum Gasteiger partial charge on any atom is -0.322 e. The molecule has 0 bridgehead atoms. The number of anilines is 1. The summed E-state index contributed by atoms with van der Waals surface area (Å²) in [5, 5.41) is 12.1. The molecule has 0 aliphatic rings. The van der Waals surface area contributed by atoms with Gasteiger partial charge in [0, 0.05) is 14.8 Å². The number of nitrogens with one attached hydrogen (secondary N) is 1. The van der Waals surface area contributed by atoms with Gasteiger partial charge in [0.1, 0.15) is 0 Å². The Morgan fingerprint density at radius 1 is 1.26 bits per heavy atom. The number of carbonyl (C=O) groups is 1. The normalized spacial score (nSPS) is 9.74. The van der Waals surface area contributed by atoms with Crippen molar-refractivity contribution in [2.75, 3.05) is 5.32 Å². The van der Waals surface area contributed by atoms with E-state index in [0.29, 0.717) is 21.8 Å². The highest BCUT2D eigenvalue weighted by molar-refractivity contribution is 14.1. The predicted octanol–water partition coefficient (Wildman–Crippen LogP) is 4.07. The fourth-order valence-electron chi connectivity index (χ4n) is 1.51. The summed E-state index contributed by atoms with van der Waals surface area (Å²) < 4.78 is 0.891. The Kier molecular flexibility index (Phi) is 4.40. The second-order valence-corrected chi connectivity index (χ2v) is 5.35. The van der Waals surface area contributed by atoms with Crippen molar-refractivity contribution in [3.05, 3.63) is 62.2 Å². The van der Waals surface area contributed by atoms with Crippen LogP contribution in [0.4, 0.5) is 5.69 Å². The molecule has 0 atom stereocenters. The first-order valence-electron chi connectivity index (χ1n) is 5.37. The molecule has 0 saturated heterocycles. The molecule has 0 radical (unpaired) electrons. The van der Waals surface area contributed by atoms with Gasteiger partial charge in [-0.25, -0.2) is 0 Å². The Labute approximate surface area is 129 Å². The zero-order valence-corrected chi connectivity index (χ0v) is 12.6. The molecule has 0 aliphatic carbocycles. The molecule has 2 rings (SSSR count). The molecule has 19 heavy (non-hydrogen) atoms. The maximum atomic E-state index is 12.0. The molecule has 1 amide bonds. The van der Waals surface area contributed by atoms with E-state index in [9.17, 15) is 4.79 Å². The van der Waals surface area contributed by atoms with Crippen LogP contribution in [0.2, 0.25) is 5.02 Å². The number of nitriles is 1. The van der Waals surface area contributed by atoms with Crippen molar-refractivity contribution in [2.24, 2.45) is 0 Å². The lowest BCUT2D eigenvalue weighted by atomic mass is 10.2. The zero-order chi connectivity index (χ0) is 13.8. The fraction of sp³-hybridized carbons (Fsp3) is 0. The molecule has 0 aromatic heterocycles. The summed E-state index contributed by atoms with van der Waals surface area (Å²) in [6, 6.07) is 13.9. The standard InChI is InChI=1S/C14H8ClIN2O/c15-12-7-10(4-5-13(12)16)14(19)18-11-3-1-2-9(6-11)8-17/h1-7H,(H,18,19). The van der Waals surface area contributed by atoms with E-state index in [2.05, 4.69) is 27.9 Å². The van der Waals surface area contributed by atoms with Gasteiger partial charge in [0.15, 0.2) is 0 Å². The first-order chi connectivity index (χ1) is 9.10. The summed E-state index contributed by atoms with van der Waals surface area (Å²) in [5.74, 6) is -0.256. The van der Waals surface area contributed by atoms with E-state index >= 15 is 0 Å². The van der Waals surface area contributed by atoms with Gasteiger partial charge in [-0.1, -0.05) is 17.7 Å². The van der Waals surface area contributed by atoms with Crippen LogP contribution in [0.5, 0.6) is 0 Å². The highest BCUT2D eigenvalue weighted by Gasteiger charge is 2.08. The van der Waals surface area contributed by atoms with Crippen LogP contribution in [0, 0.1) is 14.9 Å². The van der Waals surface area contributed by atoms with Crippen molar-refractivity contribution < 1.29 is 4.79 Å². The topological polar surface area (TPSA) is 52.9 Å². The number of nitrogens with zero attached hydrogens (tertiary/aromatic N) is 1. The van der Waals surface area contributed by atoms with Gasteiger partial charge in [-0.2, -0.15) is 5.26 Å². The van der Waals surface area contributed by atoms with Gasteiger partial charge in [0.05, 0.1) is 16.7 Å². The quantitative estimate of drug-likeness (QED) is 0.796. The molecule has 0 aliphatic heterocycles. The van der Waals surface area contributed by atoms with E-state index in [4.69, 9.17) is 16.9 Å². The van der Waals surface area contributed by atoms with Crippen molar-refractivity contribution >= 4 is 45.8 Å². The number of amides is 1. The van der Waals surface area contributed by atoms with Crippen LogP contribution < -0.4 is 5.32 Å². The van der Waals surface area contributed by atoms with Crippen LogP contribution in [0.1, 0.15) is 15.9 Å². The van der Waals surface area contributed by atoms with Crippen molar-refractivity contribution in [1.82, 2.24) is 0 Å². The summed E-state index contributed by atoms with van der Waals surface area (Å²) >= 11 is 8.08. The van der Waals surface area contributed by atoms with Crippen LogP contribution in [0.15, 0.2) is 42.5 Å². The number of carbonyl (C=O) groups excluding carboxylic acids is 1. The monoisotopic (exact) mass is 382 g/mol. The van der Waals surface area contributed by atoms with Gasteiger partial charge in [0.25, 0.3) is 5.91 Å². The lowest BCUT2D eigenvalue weighted by Gasteiger charge is -2.06. The Bertz CT molecular complexity index is 679. The predicted molar refractivity (Wildman–Crippen MR) is 83.3 cm³/mol. The molecular formula is C14H8ClIN2O. The maximum absolute atomic E-state index is 12.0. The third-order valence-electron chi connectivity index (χ3n) is 2.43. The lowest BCUT2D eigenvalue weighted by Crippen LogP contribution is -2.12. The van der Waals surface area contributed by atoms with Crippen molar-refractivity contribution in [3.8, 4) is 6.07 Å². The highest BCUT2D eigenvalue weighted by Crippen LogP contribution is 2.20. The van der Waals surface area contributed by atoms with E-state index in [-0.39, 0.29) is 5.91 Å². The van der Waals surface area contributed by atoms with Gasteiger partial charge in [-0.05, 0) is 59.0 Å². The van der Waals surface area contributed by atoms with E-state index < -0.39 is 0 Å². The van der Waals surface area contributed by atoms with Crippen LogP contribution in [-0.4, -0.2) is 5.91 Å². The van der Waals surface area contributed by atoms with Crippen molar-refractivity contribution in [1.29, 1.82) is 5.26 Å². The second kappa shape index (κ2) is 6.04. The molecule has 0 fully saturated rings. The lowest BCUT2D eigenvalue weighted by molar-refractivity contribution is 0.102. The molecule has 94 valence electrons. The number of halogens is 2. The first kappa shape index (κ1) is 13.8. The molecular weight excluding hydrogens is 375 g/mol. The molecule has 2 aromatic rings. The van der Waals surface area contributed by atoms with E-state index in [0.717, 1.165) is 3.57 Å². The highest BCUT2D eigenvalue weighted by atomic mass is 127. The van der Waals surface area contributed by atoms with Gasteiger partial charge in [-0.3, -0.25) is 4.79 Å². The molecule has 3 nitrogen and oxygen atoms in total. The molecule has 0 heterocycles. The molecule has 5 heteroatoms. The van der Waals surface area contributed by atoms with Gasteiger partial charge >= 0.3 is 0 Å². The third kappa shape index (κ3) is 3.46. The Morgan fingerprint density at radius 3 is 2.74 bits per heavy atom. The molecule has 0 saturated carbocycles. The van der Waals surface area contributed by atoms with Gasteiger partial charge < -0.3 is 5.32 Å². The van der Waals surface area contributed by atoms with Crippen molar-refractivity contribution in [3.63, 3.8) is 0 Å². The average Bonchev–Trinajstić information content (AvgIpc) is 2.42. The zero-order valence-electron chi connectivity index (χ0n) is 9.65. The second-order valence-electron chi connectivity index (χ2n) is 3.78. The SMILES string of the molecule is N#Cc1cccc(NC(=O)c2ccc(I)c(Cl)c2)c1. The van der Waals surface area contributed by atoms with Crippen molar-refractivity contribution in [2.45, 2.75) is 0 Å². The molecule has 0 unspecified atom stereocenters. The van der Waals surface area contributed by atoms with E-state index in [1.165, 1.54) is 0 Å². The fourth-order valence-corrected chi connectivity index (χ4v) is 2.02. The number of hydrogen-bond donors (Lipinski definition) is 1.